The van der Waals surface area contributed by atoms with Crippen LogP contribution < -0.4 is 11.3 Å². The number of hydrogen-bond donors (Lipinski definition) is 2. The fraction of sp³-hybridized carbons (Fsp3) is 0.600. The largest absolute Gasteiger partial charge is 0.297 e. The van der Waals surface area contributed by atoms with Crippen LogP contribution >= 0.6 is 0 Å². The van der Waals surface area contributed by atoms with Crippen molar-refractivity contribution < 1.29 is 0 Å². The molecule has 1 aliphatic rings. The zero-order valence-electron chi connectivity index (χ0n) is 11.5. The van der Waals surface area contributed by atoms with Crippen LogP contribution in [0.2, 0.25) is 0 Å². The van der Waals surface area contributed by atoms with E-state index < -0.39 is 0 Å². The summed E-state index contributed by atoms with van der Waals surface area (Å²) in [6, 6.07) is 10.9. The standard InChI is InChI=1S/C15H25N3/c1-15(2,18-10-6-7-11-18)14(17-16)12-13-8-4-3-5-9-13/h3-5,8-9,14,17H,6-7,10-12,16H2,1-2H3. The summed E-state index contributed by atoms with van der Waals surface area (Å²) in [6.45, 7) is 6.98. The maximum Gasteiger partial charge on any atom is 0.0429 e. The van der Waals surface area contributed by atoms with E-state index in [-0.39, 0.29) is 11.6 Å². The molecule has 3 heteroatoms. The van der Waals surface area contributed by atoms with Crippen LogP contribution in [0.5, 0.6) is 0 Å². The van der Waals surface area contributed by atoms with Crippen LogP contribution in [0.25, 0.3) is 0 Å². The van der Waals surface area contributed by atoms with Crippen LogP contribution in [0.3, 0.4) is 0 Å². The summed E-state index contributed by atoms with van der Waals surface area (Å²) in [4.78, 5) is 2.56. The Morgan fingerprint density at radius 2 is 1.83 bits per heavy atom. The fourth-order valence-electron chi connectivity index (χ4n) is 2.88. The summed E-state index contributed by atoms with van der Waals surface area (Å²) in [5, 5.41) is 0. The Balaban J connectivity index is 2.07. The summed E-state index contributed by atoms with van der Waals surface area (Å²) in [5.41, 5.74) is 4.46. The maximum absolute atomic E-state index is 5.80. The smallest absolute Gasteiger partial charge is 0.0429 e. The molecule has 3 N–H and O–H groups in total. The van der Waals surface area contributed by atoms with Gasteiger partial charge in [-0.1, -0.05) is 30.3 Å². The Hall–Kier alpha value is -0.900. The second-order valence-electron chi connectivity index (χ2n) is 5.76. The van der Waals surface area contributed by atoms with E-state index in [1.54, 1.807) is 0 Å². The first-order valence-corrected chi connectivity index (χ1v) is 6.89. The van der Waals surface area contributed by atoms with E-state index in [9.17, 15) is 0 Å². The van der Waals surface area contributed by atoms with Crippen molar-refractivity contribution >= 4 is 0 Å². The molecule has 1 aromatic carbocycles. The first-order valence-electron chi connectivity index (χ1n) is 6.89. The molecular formula is C15H25N3. The van der Waals surface area contributed by atoms with Gasteiger partial charge in [0.2, 0.25) is 0 Å². The summed E-state index contributed by atoms with van der Waals surface area (Å²) < 4.78 is 0. The lowest BCUT2D eigenvalue weighted by atomic mass is 9.88. The number of nitrogens with zero attached hydrogens (tertiary/aromatic N) is 1. The van der Waals surface area contributed by atoms with E-state index in [0.29, 0.717) is 0 Å². The summed E-state index contributed by atoms with van der Waals surface area (Å²) >= 11 is 0. The number of benzene rings is 1. The van der Waals surface area contributed by atoms with Crippen LogP contribution in [-0.2, 0) is 6.42 Å². The first kappa shape index (κ1) is 13.5. The van der Waals surface area contributed by atoms with E-state index in [2.05, 4.69) is 54.5 Å². The minimum atomic E-state index is 0.0983. The Bertz CT molecular complexity index is 355. The van der Waals surface area contributed by atoms with Gasteiger partial charge in [0.15, 0.2) is 0 Å². The molecule has 18 heavy (non-hydrogen) atoms. The van der Waals surface area contributed by atoms with Gasteiger partial charge in [0, 0.05) is 11.6 Å². The quantitative estimate of drug-likeness (QED) is 0.617. The van der Waals surface area contributed by atoms with Gasteiger partial charge in [-0.2, -0.15) is 0 Å². The molecule has 0 bridgehead atoms. The van der Waals surface area contributed by atoms with Gasteiger partial charge in [-0.3, -0.25) is 16.2 Å². The Morgan fingerprint density at radius 3 is 2.39 bits per heavy atom. The fourth-order valence-corrected chi connectivity index (χ4v) is 2.88. The highest BCUT2D eigenvalue weighted by molar-refractivity contribution is 5.17. The third-order valence-corrected chi connectivity index (χ3v) is 4.26. The van der Waals surface area contributed by atoms with Gasteiger partial charge < -0.3 is 0 Å². The lowest BCUT2D eigenvalue weighted by molar-refractivity contribution is 0.106. The summed E-state index contributed by atoms with van der Waals surface area (Å²) in [5.74, 6) is 5.80. The topological polar surface area (TPSA) is 41.3 Å². The summed E-state index contributed by atoms with van der Waals surface area (Å²) in [6.07, 6.45) is 3.60. The first-order chi connectivity index (χ1) is 8.64. The molecular weight excluding hydrogens is 222 g/mol. The number of likely N-dealkylation sites (tertiary alicyclic amines) is 1. The molecule has 1 atom stereocenters. The average Bonchev–Trinajstić information content (AvgIpc) is 2.91. The van der Waals surface area contributed by atoms with E-state index in [0.717, 1.165) is 6.42 Å². The van der Waals surface area contributed by atoms with Crippen molar-refractivity contribution in [3.05, 3.63) is 35.9 Å². The van der Waals surface area contributed by atoms with Gasteiger partial charge in [0.1, 0.15) is 0 Å². The highest BCUT2D eigenvalue weighted by atomic mass is 15.3. The van der Waals surface area contributed by atoms with Crippen molar-refractivity contribution in [3.8, 4) is 0 Å². The Kier molecular flexibility index (Phi) is 4.38. The molecule has 0 aliphatic carbocycles. The molecule has 3 nitrogen and oxygen atoms in total. The van der Waals surface area contributed by atoms with E-state index >= 15 is 0 Å². The second kappa shape index (κ2) is 5.83. The zero-order chi connectivity index (χ0) is 13.0. The molecule has 0 radical (unpaired) electrons. The molecule has 100 valence electrons. The third-order valence-electron chi connectivity index (χ3n) is 4.26. The molecule has 1 heterocycles. The Morgan fingerprint density at radius 1 is 1.22 bits per heavy atom. The number of nitrogens with two attached hydrogens (primary N) is 1. The van der Waals surface area contributed by atoms with E-state index in [1.807, 2.05) is 0 Å². The lowest BCUT2D eigenvalue weighted by Gasteiger charge is -2.42. The predicted molar refractivity (Wildman–Crippen MR) is 76.1 cm³/mol. The van der Waals surface area contributed by atoms with Gasteiger partial charge in [-0.15, -0.1) is 0 Å². The molecule has 1 aromatic rings. The van der Waals surface area contributed by atoms with Crippen molar-refractivity contribution in [1.29, 1.82) is 0 Å². The molecule has 0 amide bonds. The highest BCUT2D eigenvalue weighted by Crippen LogP contribution is 2.25. The van der Waals surface area contributed by atoms with Crippen LogP contribution in [-0.4, -0.2) is 29.6 Å². The Labute approximate surface area is 110 Å². The van der Waals surface area contributed by atoms with Gasteiger partial charge in [0.25, 0.3) is 0 Å². The monoisotopic (exact) mass is 247 g/mol. The number of rotatable bonds is 5. The average molecular weight is 247 g/mol. The molecule has 0 aromatic heterocycles. The van der Waals surface area contributed by atoms with Gasteiger partial charge >= 0.3 is 0 Å². The zero-order valence-corrected chi connectivity index (χ0v) is 11.5. The molecule has 1 unspecified atom stereocenters. The molecule has 1 saturated heterocycles. The molecule has 1 aliphatic heterocycles. The minimum Gasteiger partial charge on any atom is -0.297 e. The molecule has 2 rings (SSSR count). The van der Waals surface area contributed by atoms with Crippen molar-refractivity contribution in [3.63, 3.8) is 0 Å². The minimum absolute atomic E-state index is 0.0983. The lowest BCUT2D eigenvalue weighted by Crippen LogP contribution is -2.59. The second-order valence-corrected chi connectivity index (χ2v) is 5.76. The maximum atomic E-state index is 5.80. The normalized spacial score (nSPS) is 19.1. The van der Waals surface area contributed by atoms with Gasteiger partial charge in [-0.25, -0.2) is 0 Å². The molecule has 0 spiro atoms. The van der Waals surface area contributed by atoms with Crippen molar-refractivity contribution in [1.82, 2.24) is 10.3 Å². The number of nitrogens with one attached hydrogen (secondary N) is 1. The van der Waals surface area contributed by atoms with Gasteiger partial charge in [0.05, 0.1) is 0 Å². The van der Waals surface area contributed by atoms with Gasteiger partial charge in [-0.05, 0) is 51.8 Å². The van der Waals surface area contributed by atoms with Crippen LogP contribution in [0, 0.1) is 0 Å². The highest BCUT2D eigenvalue weighted by Gasteiger charge is 2.36. The molecule has 1 fully saturated rings. The number of hydrazine groups is 1. The van der Waals surface area contributed by atoms with Crippen LogP contribution in [0.15, 0.2) is 30.3 Å². The van der Waals surface area contributed by atoms with Crippen LogP contribution in [0.4, 0.5) is 0 Å². The van der Waals surface area contributed by atoms with Crippen molar-refractivity contribution in [2.75, 3.05) is 13.1 Å². The van der Waals surface area contributed by atoms with E-state index in [4.69, 9.17) is 5.84 Å². The third kappa shape index (κ3) is 2.91. The van der Waals surface area contributed by atoms with Crippen LogP contribution in [0.1, 0.15) is 32.3 Å². The van der Waals surface area contributed by atoms with Crippen molar-refractivity contribution in [2.24, 2.45) is 5.84 Å². The molecule has 0 saturated carbocycles. The number of hydrogen-bond acceptors (Lipinski definition) is 3. The van der Waals surface area contributed by atoms with E-state index in [1.165, 1.54) is 31.5 Å². The van der Waals surface area contributed by atoms with Crippen molar-refractivity contribution in [2.45, 2.75) is 44.7 Å². The summed E-state index contributed by atoms with van der Waals surface area (Å²) in [7, 11) is 0. The predicted octanol–water partition coefficient (Wildman–Crippen LogP) is 1.94. The SMILES string of the molecule is CC(C)(C(Cc1ccccc1)NN)N1CCCC1.